The summed E-state index contributed by atoms with van der Waals surface area (Å²) in [6, 6.07) is 6.79. The predicted octanol–water partition coefficient (Wildman–Crippen LogP) is 6.09. The van der Waals surface area contributed by atoms with Crippen LogP contribution in [0.25, 0.3) is 0 Å². The van der Waals surface area contributed by atoms with E-state index >= 15 is 0 Å². The van der Waals surface area contributed by atoms with Crippen LogP contribution in [-0.4, -0.2) is 46.7 Å². The van der Waals surface area contributed by atoms with E-state index in [0.717, 1.165) is 17.8 Å². The van der Waals surface area contributed by atoms with Crippen LogP contribution in [0.4, 0.5) is 0 Å². The summed E-state index contributed by atoms with van der Waals surface area (Å²) in [4.78, 5) is 9.74. The molecule has 4 fully saturated rings. The van der Waals surface area contributed by atoms with Crippen molar-refractivity contribution in [2.75, 3.05) is 0 Å². The van der Waals surface area contributed by atoms with Crippen LogP contribution >= 0.6 is 0 Å². The first-order valence-corrected chi connectivity index (χ1v) is 16.1. The van der Waals surface area contributed by atoms with Gasteiger partial charge in [-0.15, -0.1) is 0 Å². The molecule has 2 nitrogen and oxygen atoms in total. The summed E-state index contributed by atoms with van der Waals surface area (Å²) in [5.41, 5.74) is 3.37. The van der Waals surface area contributed by atoms with Crippen molar-refractivity contribution in [3.05, 3.63) is 29.3 Å². The summed E-state index contributed by atoms with van der Waals surface area (Å²) in [6.45, 7) is 13.1. The SMILES string of the molecule is CC(C)(C)N=Cc1cccc(C=NC(C)(C)C)[c]1[Bi+][CH2]C12CC3CC(CC(C3)C1)C2. The van der Waals surface area contributed by atoms with Crippen LogP contribution in [0.5, 0.6) is 0 Å². The molecule has 0 aliphatic heterocycles. The Morgan fingerprint density at radius 1 is 0.833 bits per heavy atom. The van der Waals surface area contributed by atoms with E-state index in [-0.39, 0.29) is 11.1 Å². The molecule has 0 amide bonds. The molecule has 5 rings (SSSR count). The zero-order chi connectivity index (χ0) is 21.6. The monoisotopic (exact) mass is 601 g/mol. The van der Waals surface area contributed by atoms with Crippen molar-refractivity contribution in [2.24, 2.45) is 33.2 Å². The van der Waals surface area contributed by atoms with Gasteiger partial charge in [-0.2, -0.15) is 0 Å². The summed E-state index contributed by atoms with van der Waals surface area (Å²) in [5.74, 6) is 3.16. The first kappa shape index (κ1) is 22.6. The van der Waals surface area contributed by atoms with Crippen LogP contribution in [0.2, 0.25) is 4.13 Å². The zero-order valence-corrected chi connectivity index (χ0v) is 23.4. The van der Waals surface area contributed by atoms with Gasteiger partial charge in [0.1, 0.15) is 0 Å². The topological polar surface area (TPSA) is 24.7 Å². The Morgan fingerprint density at radius 3 is 1.67 bits per heavy atom. The molecule has 4 aliphatic carbocycles. The first-order chi connectivity index (χ1) is 14.0. The van der Waals surface area contributed by atoms with Crippen LogP contribution in [0, 0.1) is 23.2 Å². The maximum absolute atomic E-state index is 4.87. The molecule has 4 saturated carbocycles. The number of rotatable bonds is 5. The molecular weight excluding hydrogens is 561 g/mol. The molecule has 2 radical (unpaired) electrons. The van der Waals surface area contributed by atoms with Crippen molar-refractivity contribution >= 4 is 38.9 Å². The van der Waals surface area contributed by atoms with Crippen molar-refractivity contribution in [3.63, 3.8) is 0 Å². The van der Waals surface area contributed by atoms with E-state index in [1.165, 1.54) is 34.5 Å². The molecule has 0 atom stereocenters. The second kappa shape index (κ2) is 8.42. The second-order valence-electron chi connectivity index (χ2n) is 12.4. The summed E-state index contributed by atoms with van der Waals surface area (Å²) in [6.07, 6.45) is 13.6. The molecule has 1 aromatic rings. The minimum atomic E-state index is -0.845. The van der Waals surface area contributed by atoms with Gasteiger partial charge in [0.15, 0.2) is 0 Å². The summed E-state index contributed by atoms with van der Waals surface area (Å²) < 4.78 is 3.15. The van der Waals surface area contributed by atoms with E-state index in [0.29, 0.717) is 5.41 Å². The number of nitrogens with zero attached hydrogens (tertiary/aromatic N) is 2. The van der Waals surface area contributed by atoms with Crippen LogP contribution in [0.3, 0.4) is 0 Å². The molecular formula is C27H40BiN2+. The van der Waals surface area contributed by atoms with E-state index in [2.05, 4.69) is 72.2 Å². The molecule has 0 heterocycles. The van der Waals surface area contributed by atoms with E-state index in [1.807, 2.05) is 0 Å². The minimum absolute atomic E-state index is 0.0288. The fourth-order valence-corrected chi connectivity index (χ4v) is 12.1. The van der Waals surface area contributed by atoms with Crippen LogP contribution in [-0.2, 0) is 0 Å². The van der Waals surface area contributed by atoms with Gasteiger partial charge >= 0.3 is 197 Å². The second-order valence-corrected chi connectivity index (χ2v) is 16.6. The number of benzene rings is 1. The average molecular weight is 602 g/mol. The Morgan fingerprint density at radius 2 is 1.27 bits per heavy atom. The van der Waals surface area contributed by atoms with Gasteiger partial charge in [0.25, 0.3) is 0 Å². The fourth-order valence-electron chi connectivity index (χ4n) is 6.23. The van der Waals surface area contributed by atoms with Gasteiger partial charge in [-0.05, 0) is 0 Å². The number of hydrogen-bond donors (Lipinski definition) is 0. The van der Waals surface area contributed by atoms with Gasteiger partial charge in [0, 0.05) is 0 Å². The van der Waals surface area contributed by atoms with E-state index in [1.54, 1.807) is 22.5 Å². The number of hydrogen-bond acceptors (Lipinski definition) is 2. The van der Waals surface area contributed by atoms with Crippen LogP contribution in [0.15, 0.2) is 28.2 Å². The van der Waals surface area contributed by atoms with Crippen molar-refractivity contribution < 1.29 is 0 Å². The van der Waals surface area contributed by atoms with Gasteiger partial charge in [0.2, 0.25) is 0 Å². The van der Waals surface area contributed by atoms with Crippen molar-refractivity contribution in [3.8, 4) is 0 Å². The Balaban J connectivity index is 1.61. The standard InChI is InChI=1S/C16H23N2.C11H17.Bi/c1-15(2,3)17-11-13-8-7-9-14(10-13)12-18-16(4,5)6;1-11-5-8-2-9(6-11)4-10(3-8)7-11;/h7-9,11-12H,1-6H3;8-10H,1-7H2;/q;;+1. The Bertz CT molecular complexity index is 745. The molecule has 0 saturated heterocycles. The quantitative estimate of drug-likeness (QED) is 0.289. The van der Waals surface area contributed by atoms with Crippen molar-refractivity contribution in [1.29, 1.82) is 0 Å². The van der Waals surface area contributed by atoms with Gasteiger partial charge in [0.05, 0.1) is 0 Å². The summed E-state index contributed by atoms with van der Waals surface area (Å²) in [7, 11) is 0. The molecule has 0 unspecified atom stereocenters. The molecule has 0 aromatic heterocycles. The summed E-state index contributed by atoms with van der Waals surface area (Å²) in [5, 5.41) is 0. The normalized spacial score (nSPS) is 31.3. The average Bonchev–Trinajstić information content (AvgIpc) is 2.61. The Kier molecular flexibility index (Phi) is 6.35. The predicted molar refractivity (Wildman–Crippen MR) is 132 cm³/mol. The van der Waals surface area contributed by atoms with Gasteiger partial charge in [-0.3, -0.25) is 0 Å². The molecule has 162 valence electrons. The molecule has 4 bridgehead atoms. The third-order valence-corrected chi connectivity index (χ3v) is 13.5. The van der Waals surface area contributed by atoms with E-state index < -0.39 is 23.2 Å². The molecule has 3 heteroatoms. The van der Waals surface area contributed by atoms with Crippen molar-refractivity contribution in [1.82, 2.24) is 0 Å². The molecule has 1 aromatic carbocycles. The van der Waals surface area contributed by atoms with Crippen LogP contribution in [0.1, 0.15) is 91.2 Å². The fraction of sp³-hybridized carbons (Fsp3) is 0.704. The third-order valence-electron chi connectivity index (χ3n) is 7.02. The molecule has 0 spiro atoms. The van der Waals surface area contributed by atoms with Crippen LogP contribution < -0.4 is 3.27 Å². The molecule has 0 N–H and O–H groups in total. The Hall–Kier alpha value is -0.557. The van der Waals surface area contributed by atoms with E-state index in [4.69, 9.17) is 9.98 Å². The van der Waals surface area contributed by atoms with E-state index in [9.17, 15) is 0 Å². The number of aliphatic imine (C=N–C) groups is 2. The van der Waals surface area contributed by atoms with Gasteiger partial charge < -0.3 is 0 Å². The summed E-state index contributed by atoms with van der Waals surface area (Å²) >= 11 is -0.845. The van der Waals surface area contributed by atoms with Crippen molar-refractivity contribution in [2.45, 2.75) is 95.3 Å². The third kappa shape index (κ3) is 5.62. The first-order valence-electron chi connectivity index (χ1n) is 11.9. The Labute approximate surface area is 196 Å². The van der Waals surface area contributed by atoms with Gasteiger partial charge in [-0.1, -0.05) is 0 Å². The van der Waals surface area contributed by atoms with Gasteiger partial charge in [-0.25, -0.2) is 0 Å². The molecule has 4 aliphatic rings. The molecule has 30 heavy (non-hydrogen) atoms. The maximum atomic E-state index is 4.87. The zero-order valence-electron chi connectivity index (χ0n) is 19.9.